The van der Waals surface area contributed by atoms with Gasteiger partial charge in [-0.3, -0.25) is 0 Å². The molecule has 0 fully saturated rings. The number of hydrogen-bond donors (Lipinski definition) is 1. The van der Waals surface area contributed by atoms with Crippen molar-refractivity contribution in [1.29, 1.82) is 0 Å². The SMILES string of the molecule is CCC(C)(CC)c1[nH]c(C(C)(C)C)nc1C(C)(C)C. The lowest BCUT2D eigenvalue weighted by Gasteiger charge is -2.30. The number of imidazole rings is 1. The summed E-state index contributed by atoms with van der Waals surface area (Å²) in [5.41, 5.74) is 2.93. The normalized spacial score (nSPS) is 13.9. The maximum atomic E-state index is 4.96. The minimum Gasteiger partial charge on any atom is -0.345 e. The predicted octanol–water partition coefficient (Wildman–Crippen LogP) is 5.08. The predicted molar refractivity (Wildman–Crippen MR) is 83.9 cm³/mol. The Balaban J connectivity index is 3.50. The fraction of sp³-hybridized carbons (Fsp3) is 0.824. The molecule has 0 saturated heterocycles. The monoisotopic (exact) mass is 264 g/mol. The molecule has 0 aliphatic carbocycles. The molecule has 2 nitrogen and oxygen atoms in total. The maximum absolute atomic E-state index is 4.96. The molecule has 1 N–H and O–H groups in total. The second-order valence-electron chi connectivity index (χ2n) is 8.08. The molecule has 0 radical (unpaired) electrons. The Bertz CT molecular complexity index is 423. The molecule has 0 unspecified atom stereocenters. The second-order valence-corrected chi connectivity index (χ2v) is 8.08. The van der Waals surface area contributed by atoms with Crippen LogP contribution in [0.25, 0.3) is 0 Å². The zero-order chi connectivity index (χ0) is 15.1. The van der Waals surface area contributed by atoms with Gasteiger partial charge in [0.25, 0.3) is 0 Å². The Morgan fingerprint density at radius 3 is 1.63 bits per heavy atom. The van der Waals surface area contributed by atoms with Gasteiger partial charge < -0.3 is 4.98 Å². The minimum absolute atomic E-state index is 0.0701. The number of aromatic amines is 1. The van der Waals surface area contributed by atoms with Crippen molar-refractivity contribution >= 4 is 0 Å². The van der Waals surface area contributed by atoms with Crippen molar-refractivity contribution in [1.82, 2.24) is 9.97 Å². The van der Waals surface area contributed by atoms with Crippen LogP contribution in [0.4, 0.5) is 0 Å². The van der Waals surface area contributed by atoms with E-state index in [1.165, 1.54) is 11.4 Å². The zero-order valence-electron chi connectivity index (χ0n) is 14.4. The van der Waals surface area contributed by atoms with Gasteiger partial charge in [-0.2, -0.15) is 0 Å². The highest BCUT2D eigenvalue weighted by atomic mass is 15.0. The Morgan fingerprint density at radius 1 is 0.842 bits per heavy atom. The van der Waals surface area contributed by atoms with Crippen LogP contribution < -0.4 is 0 Å². The van der Waals surface area contributed by atoms with Gasteiger partial charge in [0.15, 0.2) is 0 Å². The number of rotatable bonds is 3. The third kappa shape index (κ3) is 3.21. The second kappa shape index (κ2) is 4.96. The van der Waals surface area contributed by atoms with Crippen molar-refractivity contribution in [2.45, 2.75) is 91.4 Å². The summed E-state index contributed by atoms with van der Waals surface area (Å²) in [6.45, 7) is 20.3. The summed E-state index contributed by atoms with van der Waals surface area (Å²) in [6, 6.07) is 0. The first-order chi connectivity index (χ1) is 8.45. The molecule has 1 aromatic rings. The highest BCUT2D eigenvalue weighted by molar-refractivity contribution is 5.30. The first-order valence-electron chi connectivity index (χ1n) is 7.57. The molecule has 0 aliphatic heterocycles. The van der Waals surface area contributed by atoms with E-state index in [0.29, 0.717) is 0 Å². The van der Waals surface area contributed by atoms with Crippen molar-refractivity contribution in [2.75, 3.05) is 0 Å². The summed E-state index contributed by atoms with van der Waals surface area (Å²) in [5, 5.41) is 0. The van der Waals surface area contributed by atoms with E-state index in [-0.39, 0.29) is 16.2 Å². The van der Waals surface area contributed by atoms with Gasteiger partial charge in [-0.05, 0) is 12.8 Å². The van der Waals surface area contributed by atoms with Crippen molar-refractivity contribution in [3.05, 3.63) is 17.2 Å². The van der Waals surface area contributed by atoms with Crippen LogP contribution in [0.15, 0.2) is 0 Å². The van der Waals surface area contributed by atoms with Crippen molar-refractivity contribution in [2.24, 2.45) is 0 Å². The Kier molecular flexibility index (Phi) is 4.24. The van der Waals surface area contributed by atoms with Crippen molar-refractivity contribution in [3.8, 4) is 0 Å². The summed E-state index contributed by atoms with van der Waals surface area (Å²) >= 11 is 0. The molecular formula is C17H32N2. The van der Waals surface area contributed by atoms with Crippen LogP contribution in [0.5, 0.6) is 0 Å². The Labute approximate surface area is 119 Å². The molecule has 0 bridgehead atoms. The summed E-state index contributed by atoms with van der Waals surface area (Å²) < 4.78 is 0. The van der Waals surface area contributed by atoms with Gasteiger partial charge in [-0.1, -0.05) is 62.3 Å². The van der Waals surface area contributed by atoms with E-state index >= 15 is 0 Å². The maximum Gasteiger partial charge on any atom is 0.112 e. The standard InChI is InChI=1S/C17H32N2/c1-10-17(9,11-2)13-12(15(3,4)5)18-14(19-13)16(6,7)8/h10-11H2,1-9H3,(H,18,19). The van der Waals surface area contributed by atoms with Crippen LogP contribution in [0.1, 0.15) is 92.4 Å². The van der Waals surface area contributed by atoms with E-state index in [1.807, 2.05) is 0 Å². The van der Waals surface area contributed by atoms with E-state index in [1.54, 1.807) is 0 Å². The van der Waals surface area contributed by atoms with Crippen LogP contribution in [0.2, 0.25) is 0 Å². The van der Waals surface area contributed by atoms with Gasteiger partial charge in [0.2, 0.25) is 0 Å². The molecular weight excluding hydrogens is 232 g/mol. The Hall–Kier alpha value is -0.790. The molecule has 0 spiro atoms. The molecule has 2 heteroatoms. The number of nitrogens with one attached hydrogen (secondary N) is 1. The lowest BCUT2D eigenvalue weighted by Crippen LogP contribution is -2.26. The molecule has 0 aliphatic rings. The average Bonchev–Trinajstić information content (AvgIpc) is 2.72. The minimum atomic E-state index is 0.0701. The van der Waals surface area contributed by atoms with Gasteiger partial charge in [-0.25, -0.2) is 4.98 Å². The van der Waals surface area contributed by atoms with E-state index < -0.39 is 0 Å². The average molecular weight is 264 g/mol. The summed E-state index contributed by atoms with van der Waals surface area (Å²) in [7, 11) is 0. The van der Waals surface area contributed by atoms with Gasteiger partial charge in [0.05, 0.1) is 5.69 Å². The molecule has 0 saturated carbocycles. The van der Waals surface area contributed by atoms with E-state index in [9.17, 15) is 0 Å². The largest absolute Gasteiger partial charge is 0.345 e. The quantitative estimate of drug-likeness (QED) is 0.810. The lowest BCUT2D eigenvalue weighted by atomic mass is 9.76. The van der Waals surface area contributed by atoms with Gasteiger partial charge in [-0.15, -0.1) is 0 Å². The Morgan fingerprint density at radius 2 is 1.32 bits per heavy atom. The van der Waals surface area contributed by atoms with Crippen molar-refractivity contribution in [3.63, 3.8) is 0 Å². The summed E-state index contributed by atoms with van der Waals surface area (Å²) in [4.78, 5) is 8.62. The number of aromatic nitrogens is 2. The fourth-order valence-electron chi connectivity index (χ4n) is 2.31. The molecule has 19 heavy (non-hydrogen) atoms. The van der Waals surface area contributed by atoms with Gasteiger partial charge >= 0.3 is 0 Å². The lowest BCUT2D eigenvalue weighted by molar-refractivity contribution is 0.411. The molecule has 0 amide bonds. The number of nitrogens with zero attached hydrogens (tertiary/aromatic N) is 1. The van der Waals surface area contributed by atoms with Crippen molar-refractivity contribution < 1.29 is 0 Å². The highest BCUT2D eigenvalue weighted by Crippen LogP contribution is 2.38. The molecule has 0 aromatic carbocycles. The van der Waals surface area contributed by atoms with Crippen LogP contribution >= 0.6 is 0 Å². The summed E-state index contributed by atoms with van der Waals surface area (Å²) in [6.07, 6.45) is 2.27. The number of hydrogen-bond acceptors (Lipinski definition) is 1. The highest BCUT2D eigenvalue weighted by Gasteiger charge is 2.34. The fourth-order valence-corrected chi connectivity index (χ4v) is 2.31. The van der Waals surface area contributed by atoms with Crippen LogP contribution in [0.3, 0.4) is 0 Å². The topological polar surface area (TPSA) is 28.7 Å². The molecule has 110 valence electrons. The molecule has 1 aromatic heterocycles. The third-order valence-electron chi connectivity index (χ3n) is 4.29. The van der Waals surface area contributed by atoms with Crippen LogP contribution in [-0.4, -0.2) is 9.97 Å². The molecule has 1 heterocycles. The molecule has 1 rings (SSSR count). The molecule has 0 atom stereocenters. The van der Waals surface area contributed by atoms with Crippen LogP contribution in [-0.2, 0) is 16.2 Å². The van der Waals surface area contributed by atoms with E-state index in [0.717, 1.165) is 18.7 Å². The van der Waals surface area contributed by atoms with E-state index in [4.69, 9.17) is 4.98 Å². The van der Waals surface area contributed by atoms with Gasteiger partial charge in [0.1, 0.15) is 5.82 Å². The number of H-pyrrole nitrogens is 1. The smallest absolute Gasteiger partial charge is 0.112 e. The van der Waals surface area contributed by atoms with E-state index in [2.05, 4.69) is 67.3 Å². The zero-order valence-corrected chi connectivity index (χ0v) is 14.4. The summed E-state index contributed by atoms with van der Waals surface area (Å²) in [5.74, 6) is 1.11. The first kappa shape index (κ1) is 16.3. The van der Waals surface area contributed by atoms with Gasteiger partial charge in [0, 0.05) is 21.9 Å². The van der Waals surface area contributed by atoms with Crippen LogP contribution in [0, 0.1) is 0 Å². The first-order valence-corrected chi connectivity index (χ1v) is 7.57. The third-order valence-corrected chi connectivity index (χ3v) is 4.29.